The summed E-state index contributed by atoms with van der Waals surface area (Å²) in [4.78, 5) is 8.33. The Morgan fingerprint density at radius 1 is 0.480 bits per heavy atom. The summed E-state index contributed by atoms with van der Waals surface area (Å²) in [5, 5.41) is 3.43. The van der Waals surface area contributed by atoms with Crippen LogP contribution in [0.3, 0.4) is 0 Å². The summed E-state index contributed by atoms with van der Waals surface area (Å²) in [5.41, 5.74) is 6.67. The molecule has 0 unspecified atom stereocenters. The minimum Gasteiger partial charge on any atom is -0.356 e. The first-order chi connectivity index (χ1) is 12.4. The molecule has 0 saturated carbocycles. The van der Waals surface area contributed by atoms with Crippen molar-refractivity contribution < 1.29 is 0 Å². The van der Waals surface area contributed by atoms with Crippen molar-refractivity contribution in [3.63, 3.8) is 0 Å². The molecule has 0 fully saturated rings. The topological polar surface area (TPSA) is 37.8 Å². The van der Waals surface area contributed by atoms with Gasteiger partial charge in [-0.1, -0.05) is 36.4 Å². The number of benzene rings is 2. The Labute approximate surface area is 147 Å². The van der Waals surface area contributed by atoms with Crippen molar-refractivity contribution in [3.8, 4) is 22.3 Å². The Balaban J connectivity index is 1.49. The van der Waals surface area contributed by atoms with Crippen molar-refractivity contribution in [2.75, 3.05) is 5.32 Å². The van der Waals surface area contributed by atoms with Crippen LogP contribution in [0, 0.1) is 0 Å². The van der Waals surface area contributed by atoms with Gasteiger partial charge in [-0.2, -0.15) is 0 Å². The molecule has 0 atom stereocenters. The van der Waals surface area contributed by atoms with Crippen molar-refractivity contribution in [1.82, 2.24) is 9.97 Å². The van der Waals surface area contributed by atoms with Gasteiger partial charge in [0.1, 0.15) is 0 Å². The average molecular weight is 323 g/mol. The first-order valence-corrected chi connectivity index (χ1v) is 8.16. The SMILES string of the molecule is c1cncc(-c2ccc(Nc3ccc(-c4cccnc4)cc3)cc2)c1. The van der Waals surface area contributed by atoms with E-state index in [0.717, 1.165) is 33.6 Å². The van der Waals surface area contributed by atoms with Crippen LogP contribution in [0.15, 0.2) is 97.6 Å². The Morgan fingerprint density at radius 2 is 0.920 bits per heavy atom. The molecule has 0 aliphatic rings. The zero-order valence-corrected chi connectivity index (χ0v) is 13.6. The van der Waals surface area contributed by atoms with E-state index < -0.39 is 0 Å². The highest BCUT2D eigenvalue weighted by atomic mass is 14.9. The molecule has 0 bridgehead atoms. The number of nitrogens with zero attached hydrogens (tertiary/aromatic N) is 2. The van der Waals surface area contributed by atoms with Gasteiger partial charge >= 0.3 is 0 Å². The van der Waals surface area contributed by atoms with Gasteiger partial charge < -0.3 is 5.32 Å². The monoisotopic (exact) mass is 323 g/mol. The molecule has 1 N–H and O–H groups in total. The second-order valence-corrected chi connectivity index (χ2v) is 5.76. The second-order valence-electron chi connectivity index (χ2n) is 5.76. The minimum absolute atomic E-state index is 1.06. The van der Waals surface area contributed by atoms with Crippen LogP contribution in [0.25, 0.3) is 22.3 Å². The standard InChI is InChI=1S/C22H17N3/c1-3-19(15-23-13-1)17-5-9-21(10-6-17)25-22-11-7-18(8-12-22)20-4-2-14-24-16-20/h1-16,25H. The van der Waals surface area contributed by atoms with Gasteiger partial charge in [-0.15, -0.1) is 0 Å². The summed E-state index contributed by atoms with van der Waals surface area (Å²) in [7, 11) is 0. The highest BCUT2D eigenvalue weighted by Crippen LogP contribution is 2.25. The van der Waals surface area contributed by atoms with E-state index in [0.29, 0.717) is 0 Å². The normalized spacial score (nSPS) is 10.4. The van der Waals surface area contributed by atoms with E-state index in [9.17, 15) is 0 Å². The van der Waals surface area contributed by atoms with Gasteiger partial charge in [-0.3, -0.25) is 9.97 Å². The van der Waals surface area contributed by atoms with Gasteiger partial charge in [0.15, 0.2) is 0 Å². The molecule has 120 valence electrons. The van der Waals surface area contributed by atoms with Crippen molar-refractivity contribution in [2.45, 2.75) is 0 Å². The second kappa shape index (κ2) is 6.97. The van der Waals surface area contributed by atoms with E-state index >= 15 is 0 Å². The lowest BCUT2D eigenvalue weighted by molar-refractivity contribution is 1.33. The molecule has 0 radical (unpaired) electrons. The Morgan fingerprint density at radius 3 is 1.28 bits per heavy atom. The predicted octanol–water partition coefficient (Wildman–Crippen LogP) is 5.55. The van der Waals surface area contributed by atoms with Crippen molar-refractivity contribution in [1.29, 1.82) is 0 Å². The fourth-order valence-electron chi connectivity index (χ4n) is 2.73. The van der Waals surface area contributed by atoms with E-state index in [1.165, 1.54) is 0 Å². The van der Waals surface area contributed by atoms with Crippen LogP contribution in [0.2, 0.25) is 0 Å². The molecule has 0 aliphatic carbocycles. The molecule has 3 nitrogen and oxygen atoms in total. The molecule has 2 aromatic heterocycles. The summed E-state index contributed by atoms with van der Waals surface area (Å²) >= 11 is 0. The third-order valence-corrected chi connectivity index (χ3v) is 4.05. The first kappa shape index (κ1) is 15.1. The Hall–Kier alpha value is -3.46. The van der Waals surface area contributed by atoms with Gasteiger partial charge in [0.05, 0.1) is 0 Å². The molecular weight excluding hydrogens is 306 g/mol. The van der Waals surface area contributed by atoms with Crippen LogP contribution in [0.5, 0.6) is 0 Å². The number of nitrogens with one attached hydrogen (secondary N) is 1. The molecule has 0 aliphatic heterocycles. The van der Waals surface area contributed by atoms with Crippen LogP contribution in [-0.2, 0) is 0 Å². The Kier molecular flexibility index (Phi) is 4.21. The van der Waals surface area contributed by atoms with Crippen LogP contribution < -0.4 is 5.32 Å². The zero-order valence-electron chi connectivity index (χ0n) is 13.6. The lowest BCUT2D eigenvalue weighted by atomic mass is 10.1. The van der Waals surface area contributed by atoms with Crippen molar-refractivity contribution >= 4 is 11.4 Å². The summed E-state index contributed by atoms with van der Waals surface area (Å²) < 4.78 is 0. The summed E-state index contributed by atoms with van der Waals surface area (Å²) in [6, 6.07) is 24.7. The van der Waals surface area contributed by atoms with E-state index in [-0.39, 0.29) is 0 Å². The van der Waals surface area contributed by atoms with Crippen molar-refractivity contribution in [3.05, 3.63) is 97.6 Å². The average Bonchev–Trinajstić information content (AvgIpc) is 2.71. The van der Waals surface area contributed by atoms with Crippen molar-refractivity contribution in [2.24, 2.45) is 0 Å². The van der Waals surface area contributed by atoms with Gasteiger partial charge in [-0.25, -0.2) is 0 Å². The molecule has 2 aromatic carbocycles. The first-order valence-electron chi connectivity index (χ1n) is 8.16. The molecule has 0 amide bonds. The summed E-state index contributed by atoms with van der Waals surface area (Å²) in [5.74, 6) is 0. The van der Waals surface area contributed by atoms with Gasteiger partial charge in [0.25, 0.3) is 0 Å². The number of hydrogen-bond acceptors (Lipinski definition) is 3. The van der Waals surface area contributed by atoms with Gasteiger partial charge in [-0.05, 0) is 58.7 Å². The number of hydrogen-bond donors (Lipinski definition) is 1. The minimum atomic E-state index is 1.06. The van der Waals surface area contributed by atoms with Gasteiger partial charge in [0, 0.05) is 36.2 Å². The van der Waals surface area contributed by atoms with Crippen LogP contribution >= 0.6 is 0 Å². The number of rotatable bonds is 4. The molecule has 0 spiro atoms. The number of aromatic nitrogens is 2. The third-order valence-electron chi connectivity index (χ3n) is 4.05. The van der Waals surface area contributed by atoms with Crippen LogP contribution in [-0.4, -0.2) is 9.97 Å². The molecule has 0 saturated heterocycles. The third kappa shape index (κ3) is 3.56. The number of anilines is 2. The zero-order chi connectivity index (χ0) is 16.9. The van der Waals surface area contributed by atoms with E-state index in [4.69, 9.17) is 0 Å². The van der Waals surface area contributed by atoms with Crippen LogP contribution in [0.4, 0.5) is 11.4 Å². The maximum Gasteiger partial charge on any atom is 0.0384 e. The predicted molar refractivity (Wildman–Crippen MR) is 103 cm³/mol. The van der Waals surface area contributed by atoms with E-state index in [1.807, 2.05) is 24.5 Å². The smallest absolute Gasteiger partial charge is 0.0384 e. The van der Waals surface area contributed by atoms with Gasteiger partial charge in [0.2, 0.25) is 0 Å². The molecule has 4 aromatic rings. The maximum atomic E-state index is 4.16. The highest BCUT2D eigenvalue weighted by molar-refractivity contribution is 5.70. The Bertz CT molecular complexity index is 851. The van der Waals surface area contributed by atoms with E-state index in [2.05, 4.69) is 75.9 Å². The maximum absolute atomic E-state index is 4.16. The molecule has 25 heavy (non-hydrogen) atoms. The molecule has 2 heterocycles. The lowest BCUT2D eigenvalue weighted by Gasteiger charge is -2.09. The quantitative estimate of drug-likeness (QED) is 0.535. The molecule has 3 heteroatoms. The molecule has 4 rings (SSSR count). The highest BCUT2D eigenvalue weighted by Gasteiger charge is 2.00. The lowest BCUT2D eigenvalue weighted by Crippen LogP contribution is -1.90. The number of pyridine rings is 2. The fourth-order valence-corrected chi connectivity index (χ4v) is 2.73. The summed E-state index contributed by atoms with van der Waals surface area (Å²) in [6.45, 7) is 0. The molecular formula is C22H17N3. The van der Waals surface area contributed by atoms with E-state index in [1.54, 1.807) is 12.4 Å². The largest absolute Gasteiger partial charge is 0.356 e. The summed E-state index contributed by atoms with van der Waals surface area (Å²) in [6.07, 6.45) is 7.32. The van der Waals surface area contributed by atoms with Crippen LogP contribution in [0.1, 0.15) is 0 Å². The fraction of sp³-hybridized carbons (Fsp3) is 0.